The highest BCUT2D eigenvalue weighted by atomic mass is 31.2. The van der Waals surface area contributed by atoms with Crippen LogP contribution in [0.15, 0.2) is 0 Å². The smallest absolute Gasteiger partial charge is 0.350 e. The lowest BCUT2D eigenvalue weighted by Gasteiger charge is -2.28. The number of hydrogen-bond donors (Lipinski definition) is 2. The van der Waals surface area contributed by atoms with Gasteiger partial charge in [-0.3, -0.25) is 4.89 Å². The first-order valence-electron chi connectivity index (χ1n) is 3.57. The van der Waals surface area contributed by atoms with Gasteiger partial charge in [-0.25, -0.2) is 4.57 Å². The second kappa shape index (κ2) is 5.86. The second-order valence-corrected chi connectivity index (χ2v) is 3.51. The largest absolute Gasteiger partial charge is 0.549 e. The lowest BCUT2D eigenvalue weighted by molar-refractivity contribution is -0.384. The van der Waals surface area contributed by atoms with Crippen molar-refractivity contribution in [2.45, 2.75) is 24.4 Å². The van der Waals surface area contributed by atoms with Gasteiger partial charge in [0.15, 0.2) is 0 Å². The summed E-state index contributed by atoms with van der Waals surface area (Å²) >= 11 is 0. The predicted octanol–water partition coefficient (Wildman–Crippen LogP) is 2.89. The summed E-state index contributed by atoms with van der Waals surface area (Å²) in [7, 11) is -5.64. The third-order valence-corrected chi connectivity index (χ3v) is 1.18. The third-order valence-electron chi connectivity index (χ3n) is 1.18. The molecule has 0 spiro atoms. The van der Waals surface area contributed by atoms with E-state index in [1.807, 2.05) is 0 Å². The van der Waals surface area contributed by atoms with Crippen molar-refractivity contribution < 1.29 is 49.3 Å². The van der Waals surface area contributed by atoms with E-state index in [4.69, 9.17) is 14.6 Å². The normalized spacial score (nSPS) is 16.1. The monoisotopic (exact) mass is 308 g/mol. The zero-order chi connectivity index (χ0) is 15.4. The van der Waals surface area contributed by atoms with Crippen molar-refractivity contribution in [1.82, 2.24) is 0 Å². The van der Waals surface area contributed by atoms with E-state index in [1.165, 1.54) is 0 Å². The molecular formula is C6H5F8O3P. The van der Waals surface area contributed by atoms with E-state index in [0.717, 1.165) is 5.92 Å². The van der Waals surface area contributed by atoms with Crippen LogP contribution in [0, 0.1) is 12.3 Å². The number of terminal acetylenes is 1. The summed E-state index contributed by atoms with van der Waals surface area (Å²) in [6, 6.07) is 0. The summed E-state index contributed by atoms with van der Waals surface area (Å²) in [4.78, 5) is 6.74. The summed E-state index contributed by atoms with van der Waals surface area (Å²) < 4.78 is 99.7. The Labute approximate surface area is 95.1 Å². The van der Waals surface area contributed by atoms with Gasteiger partial charge in [0.1, 0.15) is 0 Å². The zero-order valence-corrected chi connectivity index (χ0v) is 8.95. The molecule has 0 aromatic heterocycles. The summed E-state index contributed by atoms with van der Waals surface area (Å²) in [5, 5.41) is 7.87. The van der Waals surface area contributed by atoms with Gasteiger partial charge in [-0.2, -0.15) is 26.3 Å². The predicted molar refractivity (Wildman–Crippen MR) is 42.6 cm³/mol. The van der Waals surface area contributed by atoms with Crippen LogP contribution in [-0.4, -0.2) is 28.0 Å². The lowest BCUT2D eigenvalue weighted by Crippen LogP contribution is -2.55. The highest BCUT2D eigenvalue weighted by Gasteiger charge is 2.70. The van der Waals surface area contributed by atoms with Gasteiger partial charge in [0.05, 0.1) is 6.42 Å². The fraction of sp³-hybridized carbons (Fsp3) is 0.667. The van der Waals surface area contributed by atoms with E-state index in [0.29, 0.717) is 0 Å². The Kier molecular flexibility index (Phi) is 6.35. The minimum atomic E-state index is -6.08. The molecule has 0 aliphatic rings. The van der Waals surface area contributed by atoms with Crippen molar-refractivity contribution in [2.75, 3.05) is 0 Å². The minimum Gasteiger partial charge on any atom is -0.350 e. The third kappa shape index (κ3) is 6.78. The topological polar surface area (TPSA) is 57.5 Å². The number of alkyl halides is 6. The molecular weight excluding hydrogens is 303 g/mol. The molecule has 0 bridgehead atoms. The van der Waals surface area contributed by atoms with Gasteiger partial charge in [0, 0.05) is 0 Å². The van der Waals surface area contributed by atoms with E-state index in [2.05, 4.69) is 6.42 Å². The van der Waals surface area contributed by atoms with Gasteiger partial charge >= 0.3 is 25.9 Å². The Hall–Kier alpha value is -0.850. The van der Waals surface area contributed by atoms with Crippen LogP contribution in [-0.2, 0) is 4.57 Å². The first kappa shape index (κ1) is 19.5. The van der Waals surface area contributed by atoms with E-state index < -0.39 is 32.4 Å². The summed E-state index contributed by atoms with van der Waals surface area (Å²) in [5.74, 6) is -9.50. The first-order valence-corrected chi connectivity index (χ1v) is 5.02. The fourth-order valence-electron chi connectivity index (χ4n) is 0.453. The minimum absolute atomic E-state index is 1.14. The average Bonchev–Trinajstić information content (AvgIpc) is 1.97. The Morgan fingerprint density at radius 1 is 1.11 bits per heavy atom. The lowest BCUT2D eigenvalue weighted by atomic mass is 10.1. The Balaban J connectivity index is 0. The highest BCUT2D eigenvalue weighted by Crippen LogP contribution is 2.44. The van der Waals surface area contributed by atoms with E-state index in [9.17, 15) is 34.7 Å². The Morgan fingerprint density at radius 2 is 1.39 bits per heavy atom. The van der Waals surface area contributed by atoms with Crippen molar-refractivity contribution in [3.63, 3.8) is 0 Å². The molecule has 3 nitrogen and oxygen atoms in total. The molecule has 1 unspecified atom stereocenters. The Bertz CT molecular complexity index is 343. The molecule has 12 heteroatoms. The van der Waals surface area contributed by atoms with Gasteiger partial charge < -0.3 is 5.11 Å². The van der Waals surface area contributed by atoms with Crippen LogP contribution in [0.1, 0.15) is 6.42 Å². The molecule has 0 aromatic rings. The molecule has 0 aliphatic carbocycles. The molecule has 18 heavy (non-hydrogen) atoms. The van der Waals surface area contributed by atoms with Crippen LogP contribution >= 0.6 is 7.99 Å². The van der Waals surface area contributed by atoms with Crippen LogP contribution in [0.4, 0.5) is 34.7 Å². The Morgan fingerprint density at radius 3 is 1.56 bits per heavy atom. The molecule has 0 radical (unpaired) electrons. The summed E-state index contributed by atoms with van der Waals surface area (Å²) in [5.41, 5.74) is 0. The average molecular weight is 308 g/mol. The molecule has 0 rings (SSSR count). The molecule has 0 aromatic carbocycles. The van der Waals surface area contributed by atoms with Crippen molar-refractivity contribution in [3.05, 3.63) is 0 Å². The van der Waals surface area contributed by atoms with Crippen LogP contribution in [0.2, 0.25) is 0 Å². The van der Waals surface area contributed by atoms with Crippen LogP contribution in [0.5, 0.6) is 0 Å². The molecule has 0 fully saturated rings. The van der Waals surface area contributed by atoms with Crippen LogP contribution in [0.3, 0.4) is 0 Å². The van der Waals surface area contributed by atoms with Crippen molar-refractivity contribution in [3.8, 4) is 12.3 Å². The number of halogens is 8. The van der Waals surface area contributed by atoms with Crippen LogP contribution in [0.25, 0.3) is 0 Å². The van der Waals surface area contributed by atoms with E-state index in [1.54, 1.807) is 0 Å². The SMILES string of the molecule is C#CCC(F)(F)C(O)(F)C(F)(F)F.O=P(O)(F)F. The van der Waals surface area contributed by atoms with Crippen molar-refractivity contribution in [1.29, 1.82) is 0 Å². The molecule has 0 saturated heterocycles. The summed E-state index contributed by atoms with van der Waals surface area (Å²) in [6.45, 7) is 0. The molecule has 0 amide bonds. The van der Waals surface area contributed by atoms with E-state index in [-0.39, 0.29) is 0 Å². The molecule has 2 N–H and O–H groups in total. The maximum absolute atomic E-state index is 12.2. The van der Waals surface area contributed by atoms with Gasteiger partial charge in [-0.15, -0.1) is 20.7 Å². The summed E-state index contributed by atoms with van der Waals surface area (Å²) in [6.07, 6.45) is -3.63. The number of hydrogen-bond acceptors (Lipinski definition) is 2. The maximum Gasteiger partial charge on any atom is 0.549 e. The standard InChI is InChI=1S/C6H4F6O.F2HO2P/c1-2-3-4(7,8)5(9,13)6(10,11)12;1-5(2,3)4/h1,13H,3H2;(H,3,4). The molecule has 0 heterocycles. The van der Waals surface area contributed by atoms with Crippen molar-refractivity contribution >= 4 is 7.99 Å². The number of aliphatic hydroxyl groups is 1. The highest BCUT2D eigenvalue weighted by molar-refractivity contribution is 7.46. The molecule has 108 valence electrons. The number of rotatable bonds is 2. The quantitative estimate of drug-likeness (QED) is 0.468. The molecule has 0 saturated carbocycles. The van der Waals surface area contributed by atoms with Gasteiger partial charge in [0.2, 0.25) is 0 Å². The van der Waals surface area contributed by atoms with E-state index >= 15 is 0 Å². The maximum atomic E-state index is 12.2. The van der Waals surface area contributed by atoms with Gasteiger partial charge in [-0.05, 0) is 0 Å². The first-order chi connectivity index (χ1) is 7.56. The zero-order valence-electron chi connectivity index (χ0n) is 8.06. The molecule has 0 aliphatic heterocycles. The second-order valence-electron chi connectivity index (χ2n) is 2.64. The van der Waals surface area contributed by atoms with Crippen LogP contribution < -0.4 is 0 Å². The van der Waals surface area contributed by atoms with Gasteiger partial charge in [0.25, 0.3) is 0 Å². The van der Waals surface area contributed by atoms with Crippen molar-refractivity contribution in [2.24, 2.45) is 0 Å². The van der Waals surface area contributed by atoms with Gasteiger partial charge in [-0.1, -0.05) is 0 Å². The fourth-order valence-corrected chi connectivity index (χ4v) is 0.453. The molecule has 1 atom stereocenters.